The predicted octanol–water partition coefficient (Wildman–Crippen LogP) is 3.83. The lowest BCUT2D eigenvalue weighted by Gasteiger charge is -2.17. The van der Waals surface area contributed by atoms with Gasteiger partial charge in [-0.15, -0.1) is 16.4 Å². The van der Waals surface area contributed by atoms with E-state index in [0.29, 0.717) is 17.3 Å². The fraction of sp³-hybridized carbons (Fsp3) is 0.263. The molecule has 0 fully saturated rings. The lowest BCUT2D eigenvalue weighted by atomic mass is 9.89. The van der Waals surface area contributed by atoms with E-state index in [1.54, 1.807) is 46.4 Å². The zero-order valence-corrected chi connectivity index (χ0v) is 15.0. The highest BCUT2D eigenvalue weighted by Gasteiger charge is 2.24. The van der Waals surface area contributed by atoms with E-state index in [1.165, 1.54) is 16.9 Å². The van der Waals surface area contributed by atoms with Crippen LogP contribution >= 0.6 is 11.3 Å². The van der Waals surface area contributed by atoms with Crippen LogP contribution in [0, 0.1) is 5.92 Å². The molecule has 0 aliphatic heterocycles. The maximum atomic E-state index is 11.5. The summed E-state index contributed by atoms with van der Waals surface area (Å²) in [6, 6.07) is 6.83. The number of carboxylic acids is 1. The highest BCUT2D eigenvalue weighted by Crippen LogP contribution is 2.38. The molecule has 3 heterocycles. The molecular weight excluding hydrogens is 348 g/mol. The van der Waals surface area contributed by atoms with Crippen molar-refractivity contribution in [2.24, 2.45) is 5.92 Å². The average Bonchev–Trinajstić information content (AvgIpc) is 3.21. The highest BCUT2D eigenvalue weighted by atomic mass is 32.1. The Bertz CT molecular complexity index is 1180. The van der Waals surface area contributed by atoms with Gasteiger partial charge in [0.2, 0.25) is 0 Å². The van der Waals surface area contributed by atoms with Gasteiger partial charge in [-0.05, 0) is 36.8 Å². The van der Waals surface area contributed by atoms with Gasteiger partial charge in [-0.1, -0.05) is 25.1 Å². The van der Waals surface area contributed by atoms with Crippen LogP contribution in [-0.2, 0) is 12.8 Å². The van der Waals surface area contributed by atoms with E-state index < -0.39 is 5.97 Å². The molecule has 7 heteroatoms. The summed E-state index contributed by atoms with van der Waals surface area (Å²) < 4.78 is 1.67. The summed E-state index contributed by atoms with van der Waals surface area (Å²) in [5.41, 5.74) is 2.83. The van der Waals surface area contributed by atoms with Crippen molar-refractivity contribution < 1.29 is 9.90 Å². The summed E-state index contributed by atoms with van der Waals surface area (Å²) in [4.78, 5) is 23.2. The molecule has 0 saturated heterocycles. The molecule has 26 heavy (non-hydrogen) atoms. The van der Waals surface area contributed by atoms with Gasteiger partial charge in [0.1, 0.15) is 11.2 Å². The first-order chi connectivity index (χ1) is 12.6. The van der Waals surface area contributed by atoms with Crippen molar-refractivity contribution in [3.63, 3.8) is 0 Å². The van der Waals surface area contributed by atoms with E-state index >= 15 is 0 Å². The molecule has 0 bridgehead atoms. The topological polar surface area (TPSA) is 80.4 Å². The van der Waals surface area contributed by atoms with E-state index in [2.05, 4.69) is 17.0 Å². The average molecular weight is 364 g/mol. The SMILES string of the molecule is CC1CCc2c(sc3ncn4nc(-c5ccccc5C(=O)O)nc4c23)C1. The summed E-state index contributed by atoms with van der Waals surface area (Å²) in [7, 11) is 0. The van der Waals surface area contributed by atoms with Crippen LogP contribution in [0.5, 0.6) is 0 Å². The molecule has 0 saturated carbocycles. The van der Waals surface area contributed by atoms with Crippen LogP contribution in [-0.4, -0.2) is 30.7 Å². The highest BCUT2D eigenvalue weighted by molar-refractivity contribution is 7.19. The minimum atomic E-state index is -0.982. The molecule has 0 radical (unpaired) electrons. The third-order valence-electron chi connectivity index (χ3n) is 5.03. The Morgan fingerprint density at radius 3 is 3.04 bits per heavy atom. The minimum absolute atomic E-state index is 0.203. The Kier molecular flexibility index (Phi) is 3.33. The first kappa shape index (κ1) is 15.5. The summed E-state index contributed by atoms with van der Waals surface area (Å²) in [6.45, 7) is 2.29. The van der Waals surface area contributed by atoms with E-state index in [0.717, 1.165) is 28.7 Å². The van der Waals surface area contributed by atoms with Crippen molar-refractivity contribution >= 4 is 33.2 Å². The Hall–Kier alpha value is -2.80. The third kappa shape index (κ3) is 2.24. The number of carbonyl (C=O) groups is 1. The van der Waals surface area contributed by atoms with Crippen molar-refractivity contribution in [3.8, 4) is 11.4 Å². The maximum absolute atomic E-state index is 11.5. The molecule has 4 aromatic rings. The molecule has 3 aromatic heterocycles. The number of carboxylic acid groups (broad SMARTS) is 1. The predicted molar refractivity (Wildman–Crippen MR) is 99.7 cm³/mol. The number of aryl methyl sites for hydroxylation is 1. The number of hydrogen-bond donors (Lipinski definition) is 1. The molecule has 1 aliphatic carbocycles. The van der Waals surface area contributed by atoms with E-state index in [4.69, 9.17) is 4.98 Å². The number of fused-ring (bicyclic) bond motifs is 5. The molecule has 6 nitrogen and oxygen atoms in total. The van der Waals surface area contributed by atoms with Crippen molar-refractivity contribution in [1.82, 2.24) is 19.6 Å². The second-order valence-electron chi connectivity index (χ2n) is 6.83. The molecule has 5 rings (SSSR count). The summed E-state index contributed by atoms with van der Waals surface area (Å²) in [5.74, 6) is 0.133. The van der Waals surface area contributed by atoms with Crippen molar-refractivity contribution in [3.05, 3.63) is 46.6 Å². The van der Waals surface area contributed by atoms with Gasteiger partial charge in [0.25, 0.3) is 0 Å². The number of rotatable bonds is 2. The molecular formula is C19H16N4O2S. The summed E-state index contributed by atoms with van der Waals surface area (Å²) in [5, 5.41) is 15.0. The molecule has 1 aromatic carbocycles. The Labute approximate surface area is 153 Å². The number of thiophene rings is 1. The Balaban J connectivity index is 1.76. The van der Waals surface area contributed by atoms with Crippen molar-refractivity contribution in [1.29, 1.82) is 0 Å². The van der Waals surface area contributed by atoms with Gasteiger partial charge in [-0.2, -0.15) is 0 Å². The fourth-order valence-corrected chi connectivity index (χ4v) is 5.06. The Morgan fingerprint density at radius 1 is 1.35 bits per heavy atom. The second kappa shape index (κ2) is 5.60. The second-order valence-corrected chi connectivity index (χ2v) is 7.91. The first-order valence-corrected chi connectivity index (χ1v) is 9.42. The molecule has 130 valence electrons. The Morgan fingerprint density at radius 2 is 2.19 bits per heavy atom. The van der Waals surface area contributed by atoms with E-state index in [-0.39, 0.29) is 5.56 Å². The van der Waals surface area contributed by atoms with Crippen LogP contribution in [0.4, 0.5) is 0 Å². The van der Waals surface area contributed by atoms with E-state index in [9.17, 15) is 9.90 Å². The number of aromatic nitrogens is 4. The quantitative estimate of drug-likeness (QED) is 0.585. The molecule has 0 spiro atoms. The van der Waals surface area contributed by atoms with Crippen molar-refractivity contribution in [2.45, 2.75) is 26.2 Å². The van der Waals surface area contributed by atoms with Crippen LogP contribution in [0.25, 0.3) is 27.3 Å². The van der Waals surface area contributed by atoms with Crippen LogP contribution in [0.2, 0.25) is 0 Å². The first-order valence-electron chi connectivity index (χ1n) is 8.60. The lowest BCUT2D eigenvalue weighted by molar-refractivity contribution is 0.0697. The number of benzene rings is 1. The molecule has 1 unspecified atom stereocenters. The smallest absolute Gasteiger partial charge is 0.336 e. The van der Waals surface area contributed by atoms with Crippen LogP contribution in [0.15, 0.2) is 30.6 Å². The van der Waals surface area contributed by atoms with Gasteiger partial charge in [0, 0.05) is 10.4 Å². The minimum Gasteiger partial charge on any atom is -0.478 e. The monoisotopic (exact) mass is 364 g/mol. The van der Waals surface area contributed by atoms with Gasteiger partial charge in [0.05, 0.1) is 10.9 Å². The van der Waals surface area contributed by atoms with Crippen LogP contribution < -0.4 is 0 Å². The van der Waals surface area contributed by atoms with Gasteiger partial charge >= 0.3 is 5.97 Å². The molecule has 1 aliphatic rings. The zero-order valence-electron chi connectivity index (χ0n) is 14.1. The van der Waals surface area contributed by atoms with E-state index in [1.807, 2.05) is 0 Å². The van der Waals surface area contributed by atoms with Crippen LogP contribution in [0.1, 0.15) is 34.1 Å². The molecule has 0 amide bonds. The molecule has 1 N–H and O–H groups in total. The van der Waals surface area contributed by atoms with Gasteiger partial charge in [-0.25, -0.2) is 19.3 Å². The zero-order chi connectivity index (χ0) is 17.8. The largest absolute Gasteiger partial charge is 0.478 e. The normalized spacial score (nSPS) is 16.9. The number of nitrogens with zero attached hydrogens (tertiary/aromatic N) is 4. The molecule has 1 atom stereocenters. The summed E-state index contributed by atoms with van der Waals surface area (Å²) >= 11 is 1.75. The van der Waals surface area contributed by atoms with Gasteiger partial charge in [0.15, 0.2) is 11.5 Å². The number of hydrogen-bond acceptors (Lipinski definition) is 5. The van der Waals surface area contributed by atoms with Gasteiger partial charge < -0.3 is 5.11 Å². The number of aromatic carboxylic acids is 1. The summed E-state index contributed by atoms with van der Waals surface area (Å²) in [6.07, 6.45) is 4.96. The van der Waals surface area contributed by atoms with Crippen LogP contribution in [0.3, 0.4) is 0 Å². The maximum Gasteiger partial charge on any atom is 0.336 e. The third-order valence-corrected chi connectivity index (χ3v) is 6.19. The fourth-order valence-electron chi connectivity index (χ4n) is 3.72. The lowest BCUT2D eigenvalue weighted by Crippen LogP contribution is -2.08. The standard InChI is InChI=1S/C19H16N4O2S/c1-10-6-7-13-14(8-10)26-18-15(13)17-21-16(22-23(17)9-20-18)11-4-2-3-5-12(11)19(24)25/h2-5,9-10H,6-8H2,1H3,(H,24,25). The van der Waals surface area contributed by atoms with Crippen molar-refractivity contribution in [2.75, 3.05) is 0 Å². The van der Waals surface area contributed by atoms with Gasteiger partial charge in [-0.3, -0.25) is 0 Å².